The van der Waals surface area contributed by atoms with Gasteiger partial charge in [0.05, 0.1) is 18.7 Å². The van der Waals surface area contributed by atoms with Crippen LogP contribution in [-0.4, -0.2) is 48.1 Å². The molecule has 4 heterocycles. The van der Waals surface area contributed by atoms with E-state index in [1.54, 1.807) is 0 Å². The lowest BCUT2D eigenvalue weighted by atomic mass is 9.66. The summed E-state index contributed by atoms with van der Waals surface area (Å²) in [5.74, 6) is -0.658. The van der Waals surface area contributed by atoms with E-state index in [1.807, 2.05) is 6.07 Å². The minimum Gasteiger partial charge on any atom is -0.468 e. The van der Waals surface area contributed by atoms with E-state index in [2.05, 4.69) is 46.0 Å². The maximum atomic E-state index is 13.2. The van der Waals surface area contributed by atoms with Gasteiger partial charge in [0, 0.05) is 23.0 Å². The largest absolute Gasteiger partial charge is 0.468 e. The van der Waals surface area contributed by atoms with Crippen molar-refractivity contribution in [2.45, 2.75) is 38.6 Å². The number of hydrogen-bond donors (Lipinski definition) is 1. The second-order valence-electron chi connectivity index (χ2n) is 8.38. The summed E-state index contributed by atoms with van der Waals surface area (Å²) in [4.78, 5) is 27.5. The molecular weight excluding hydrogens is 366 g/mol. The molecule has 6 nitrogen and oxygen atoms in total. The monoisotopic (exact) mass is 393 g/mol. The number of nitrogens with zero attached hydrogens (tertiary/aromatic N) is 2. The van der Waals surface area contributed by atoms with Crippen LogP contribution in [-0.2, 0) is 20.7 Å². The van der Waals surface area contributed by atoms with Crippen molar-refractivity contribution in [3.05, 3.63) is 41.6 Å². The van der Waals surface area contributed by atoms with Gasteiger partial charge in [-0.15, -0.1) is 0 Å². The normalized spacial score (nSPS) is 25.3. The van der Waals surface area contributed by atoms with Crippen molar-refractivity contribution in [2.75, 3.05) is 26.7 Å². The Morgan fingerprint density at radius 2 is 2.10 bits per heavy atom. The molecule has 1 aromatic heterocycles. The zero-order valence-electron chi connectivity index (χ0n) is 17.0. The summed E-state index contributed by atoms with van der Waals surface area (Å²) in [6.45, 7) is 4.30. The molecule has 3 aliphatic rings. The van der Waals surface area contributed by atoms with Gasteiger partial charge in [0.1, 0.15) is 12.2 Å². The third-order valence-corrected chi connectivity index (χ3v) is 7.10. The number of carbonyl (C=O) groups excluding carboxylic acids is 2. The van der Waals surface area contributed by atoms with E-state index in [9.17, 15) is 9.59 Å². The second-order valence-corrected chi connectivity index (χ2v) is 8.38. The van der Waals surface area contributed by atoms with E-state index in [0.29, 0.717) is 11.7 Å². The first kappa shape index (κ1) is 18.4. The van der Waals surface area contributed by atoms with Crippen LogP contribution >= 0.6 is 0 Å². The van der Waals surface area contributed by atoms with Crippen molar-refractivity contribution in [3.8, 4) is 0 Å². The van der Waals surface area contributed by atoms with Crippen LogP contribution < -0.4 is 5.32 Å². The van der Waals surface area contributed by atoms with Crippen LogP contribution in [0.1, 0.15) is 43.5 Å². The molecule has 2 aromatic rings. The Bertz CT molecular complexity index is 1040. The Morgan fingerprint density at radius 1 is 1.28 bits per heavy atom. The molecule has 29 heavy (non-hydrogen) atoms. The molecule has 3 aliphatic heterocycles. The van der Waals surface area contributed by atoms with Crippen molar-refractivity contribution >= 4 is 28.5 Å². The fraction of sp³-hybridized carbons (Fsp3) is 0.478. The van der Waals surface area contributed by atoms with Gasteiger partial charge in [0.25, 0.3) is 5.91 Å². The number of piperidine rings is 1. The fourth-order valence-electron chi connectivity index (χ4n) is 5.76. The second kappa shape index (κ2) is 6.73. The van der Waals surface area contributed by atoms with Crippen LogP contribution in [0.15, 0.2) is 30.3 Å². The first-order chi connectivity index (χ1) is 14.1. The van der Waals surface area contributed by atoms with E-state index < -0.39 is 5.97 Å². The molecule has 152 valence electrons. The third kappa shape index (κ3) is 2.58. The van der Waals surface area contributed by atoms with E-state index >= 15 is 0 Å². The third-order valence-electron chi connectivity index (χ3n) is 7.10. The standard InChI is InChI=1S/C23H27N3O3/c1-3-23-10-6-11-25-12-9-16-15-7-4-5-8-17(15)26(20(16)21(23)25)18(13-23)22(28)24-14-19(27)29-2/h4-5,7-8,13,21H,3,6,9-12,14H2,1-2H3,(H,24,28)/t21-,23+/m1/s1. The predicted molar refractivity (Wildman–Crippen MR) is 111 cm³/mol. The van der Waals surface area contributed by atoms with Crippen molar-refractivity contribution in [1.82, 2.24) is 14.8 Å². The summed E-state index contributed by atoms with van der Waals surface area (Å²) in [5, 5.41) is 4.01. The number of hydrogen-bond acceptors (Lipinski definition) is 4. The number of aromatic nitrogens is 1. The highest BCUT2D eigenvalue weighted by Crippen LogP contribution is 2.56. The van der Waals surface area contributed by atoms with E-state index in [4.69, 9.17) is 4.74 Å². The molecule has 1 amide bonds. The number of ether oxygens (including phenoxy) is 1. The quantitative estimate of drug-likeness (QED) is 0.812. The molecule has 1 aromatic carbocycles. The van der Waals surface area contributed by atoms with Gasteiger partial charge < -0.3 is 14.6 Å². The lowest BCUT2D eigenvalue weighted by molar-refractivity contribution is -0.140. The molecule has 0 spiro atoms. The highest BCUT2D eigenvalue weighted by atomic mass is 16.5. The Kier molecular flexibility index (Phi) is 4.28. The Morgan fingerprint density at radius 3 is 2.90 bits per heavy atom. The molecule has 0 unspecified atom stereocenters. The molecule has 5 rings (SSSR count). The number of carbonyl (C=O) groups is 2. The number of benzene rings is 1. The van der Waals surface area contributed by atoms with Crippen LogP contribution in [0.4, 0.5) is 0 Å². The maximum Gasteiger partial charge on any atom is 0.325 e. The maximum absolute atomic E-state index is 13.2. The van der Waals surface area contributed by atoms with E-state index in [0.717, 1.165) is 44.3 Å². The van der Waals surface area contributed by atoms with Crippen LogP contribution in [0.3, 0.4) is 0 Å². The molecule has 0 aliphatic carbocycles. The van der Waals surface area contributed by atoms with Crippen LogP contribution in [0.5, 0.6) is 0 Å². The predicted octanol–water partition coefficient (Wildman–Crippen LogP) is 2.87. The molecule has 1 fully saturated rings. The highest BCUT2D eigenvalue weighted by molar-refractivity contribution is 6.17. The first-order valence-electron chi connectivity index (χ1n) is 10.5. The van der Waals surface area contributed by atoms with Gasteiger partial charge in [-0.2, -0.15) is 0 Å². The van der Waals surface area contributed by atoms with Crippen LogP contribution in [0.25, 0.3) is 16.6 Å². The van der Waals surface area contributed by atoms with Gasteiger partial charge in [-0.1, -0.05) is 25.1 Å². The zero-order valence-corrected chi connectivity index (χ0v) is 17.0. The van der Waals surface area contributed by atoms with Crippen molar-refractivity contribution < 1.29 is 14.3 Å². The highest BCUT2D eigenvalue weighted by Gasteiger charge is 2.50. The summed E-state index contributed by atoms with van der Waals surface area (Å²) in [6, 6.07) is 8.69. The average molecular weight is 393 g/mol. The summed E-state index contributed by atoms with van der Waals surface area (Å²) in [5.41, 5.74) is 4.34. The summed E-state index contributed by atoms with van der Waals surface area (Å²) in [6.07, 6.45) is 6.43. The van der Waals surface area contributed by atoms with Gasteiger partial charge in [0.2, 0.25) is 0 Å². The van der Waals surface area contributed by atoms with Gasteiger partial charge in [0.15, 0.2) is 0 Å². The zero-order chi connectivity index (χ0) is 20.2. The number of esters is 1. The summed E-state index contributed by atoms with van der Waals surface area (Å²) >= 11 is 0. The smallest absolute Gasteiger partial charge is 0.325 e. The van der Waals surface area contributed by atoms with Crippen molar-refractivity contribution in [1.29, 1.82) is 0 Å². The van der Waals surface area contributed by atoms with Crippen LogP contribution in [0, 0.1) is 5.41 Å². The van der Waals surface area contributed by atoms with Gasteiger partial charge in [-0.25, -0.2) is 0 Å². The van der Waals surface area contributed by atoms with Gasteiger partial charge in [-0.3, -0.25) is 14.5 Å². The minimum atomic E-state index is -0.443. The van der Waals surface area contributed by atoms with Crippen molar-refractivity contribution in [3.63, 3.8) is 0 Å². The SMILES string of the molecule is CC[C@@]12C=C(C(=O)NCC(=O)OC)n3c4c(c5ccccc53)CCN(CCC1)[C@H]42. The Hall–Kier alpha value is -2.60. The summed E-state index contributed by atoms with van der Waals surface area (Å²) < 4.78 is 6.86. The number of fused-ring (bicyclic) bond motifs is 3. The first-order valence-corrected chi connectivity index (χ1v) is 10.5. The van der Waals surface area contributed by atoms with Gasteiger partial charge in [-0.05, 0) is 49.9 Å². The van der Waals surface area contributed by atoms with Gasteiger partial charge >= 0.3 is 5.97 Å². The fourth-order valence-corrected chi connectivity index (χ4v) is 5.76. The molecule has 1 saturated heterocycles. The Labute approximate surface area is 170 Å². The van der Waals surface area contributed by atoms with E-state index in [-0.39, 0.29) is 17.9 Å². The molecule has 2 atom stereocenters. The number of rotatable bonds is 4. The molecule has 1 N–H and O–H groups in total. The lowest BCUT2D eigenvalue weighted by Crippen LogP contribution is -2.51. The number of amides is 1. The topological polar surface area (TPSA) is 63.6 Å². The minimum absolute atomic E-state index is 0.0459. The summed E-state index contributed by atoms with van der Waals surface area (Å²) in [7, 11) is 1.33. The number of methoxy groups -OCH3 is 1. The number of nitrogens with one attached hydrogen (secondary N) is 1. The molecule has 0 saturated carbocycles. The Balaban J connectivity index is 1.71. The average Bonchev–Trinajstić information content (AvgIpc) is 3.11. The molecule has 6 heteroatoms. The molecule has 0 radical (unpaired) electrons. The number of para-hydroxylation sites is 1. The lowest BCUT2D eigenvalue weighted by Gasteiger charge is -2.53. The molecule has 0 bridgehead atoms. The van der Waals surface area contributed by atoms with E-state index in [1.165, 1.54) is 23.8 Å². The van der Waals surface area contributed by atoms with Crippen molar-refractivity contribution in [2.24, 2.45) is 5.41 Å². The van der Waals surface area contributed by atoms with Crippen LogP contribution in [0.2, 0.25) is 0 Å². The molecular formula is C23H27N3O3.